The van der Waals surface area contributed by atoms with E-state index in [1.807, 2.05) is 25.1 Å². The molecule has 2 N–H and O–H groups in total. The molecule has 126 valence electrons. The highest BCUT2D eigenvalue weighted by Gasteiger charge is 2.26. The first-order valence-corrected chi connectivity index (χ1v) is 7.70. The van der Waals surface area contributed by atoms with Crippen LogP contribution in [0.25, 0.3) is 0 Å². The van der Waals surface area contributed by atoms with E-state index >= 15 is 0 Å². The Hall–Kier alpha value is -2.28. The smallest absolute Gasteiger partial charge is 0.321 e. The SMILES string of the molecule is CNC(=O)NC(=O)[C@@H](C)N1CCN(c2cccc(OC)c2)CC1. The largest absolute Gasteiger partial charge is 0.497 e. The minimum Gasteiger partial charge on any atom is -0.497 e. The first kappa shape index (κ1) is 17.1. The number of urea groups is 1. The molecule has 23 heavy (non-hydrogen) atoms. The monoisotopic (exact) mass is 320 g/mol. The van der Waals surface area contributed by atoms with Crippen molar-refractivity contribution in [3.8, 4) is 5.75 Å². The van der Waals surface area contributed by atoms with Gasteiger partial charge >= 0.3 is 6.03 Å². The van der Waals surface area contributed by atoms with Crippen LogP contribution in [0.1, 0.15) is 6.92 Å². The van der Waals surface area contributed by atoms with Gasteiger partial charge in [0.05, 0.1) is 13.2 Å². The number of methoxy groups -OCH3 is 1. The normalized spacial score (nSPS) is 16.6. The highest BCUT2D eigenvalue weighted by molar-refractivity contribution is 5.96. The van der Waals surface area contributed by atoms with Crippen LogP contribution in [0.2, 0.25) is 0 Å². The lowest BCUT2D eigenvalue weighted by Crippen LogP contribution is -2.55. The number of carbonyl (C=O) groups is 2. The van der Waals surface area contributed by atoms with Gasteiger partial charge in [-0.2, -0.15) is 0 Å². The number of nitrogens with one attached hydrogen (secondary N) is 2. The molecule has 0 aliphatic carbocycles. The number of rotatable bonds is 4. The second-order valence-electron chi connectivity index (χ2n) is 5.47. The van der Waals surface area contributed by atoms with Crippen LogP contribution in [0.5, 0.6) is 5.75 Å². The van der Waals surface area contributed by atoms with Gasteiger partial charge in [0.25, 0.3) is 0 Å². The van der Waals surface area contributed by atoms with Crippen molar-refractivity contribution in [1.82, 2.24) is 15.5 Å². The molecule has 3 amide bonds. The number of hydrogen-bond acceptors (Lipinski definition) is 5. The van der Waals surface area contributed by atoms with Crippen LogP contribution in [0, 0.1) is 0 Å². The summed E-state index contributed by atoms with van der Waals surface area (Å²) in [6.45, 7) is 4.99. The van der Waals surface area contributed by atoms with Gasteiger partial charge in [0, 0.05) is 45.0 Å². The van der Waals surface area contributed by atoms with Crippen molar-refractivity contribution in [3.63, 3.8) is 0 Å². The molecule has 1 heterocycles. The van der Waals surface area contributed by atoms with Gasteiger partial charge in [0.15, 0.2) is 0 Å². The van der Waals surface area contributed by atoms with Crippen LogP contribution < -0.4 is 20.3 Å². The second kappa shape index (κ2) is 7.82. The van der Waals surface area contributed by atoms with E-state index in [4.69, 9.17) is 4.74 Å². The third kappa shape index (κ3) is 4.35. The number of amides is 3. The van der Waals surface area contributed by atoms with Gasteiger partial charge in [-0.1, -0.05) is 6.07 Å². The zero-order valence-electron chi connectivity index (χ0n) is 13.8. The van der Waals surface area contributed by atoms with E-state index in [-0.39, 0.29) is 11.9 Å². The molecule has 0 unspecified atom stereocenters. The van der Waals surface area contributed by atoms with Gasteiger partial charge in [-0.15, -0.1) is 0 Å². The van der Waals surface area contributed by atoms with Crippen LogP contribution in [-0.4, -0.2) is 63.2 Å². The number of nitrogens with zero attached hydrogens (tertiary/aromatic N) is 2. The fraction of sp³-hybridized carbons (Fsp3) is 0.500. The van der Waals surface area contributed by atoms with Crippen molar-refractivity contribution in [2.75, 3.05) is 45.2 Å². The van der Waals surface area contributed by atoms with E-state index in [0.717, 1.165) is 37.6 Å². The Kier molecular flexibility index (Phi) is 5.81. The molecule has 0 bridgehead atoms. The Labute approximate surface area is 136 Å². The minimum absolute atomic E-state index is 0.279. The average molecular weight is 320 g/mol. The summed E-state index contributed by atoms with van der Waals surface area (Å²) in [4.78, 5) is 27.6. The molecular formula is C16H24N4O3. The van der Waals surface area contributed by atoms with Crippen LogP contribution >= 0.6 is 0 Å². The van der Waals surface area contributed by atoms with E-state index in [9.17, 15) is 9.59 Å². The zero-order valence-corrected chi connectivity index (χ0v) is 13.8. The summed E-state index contributed by atoms with van der Waals surface area (Å²) < 4.78 is 5.26. The summed E-state index contributed by atoms with van der Waals surface area (Å²) >= 11 is 0. The molecule has 7 nitrogen and oxygen atoms in total. The molecule has 0 saturated carbocycles. The second-order valence-corrected chi connectivity index (χ2v) is 5.47. The van der Waals surface area contributed by atoms with Gasteiger partial charge in [-0.25, -0.2) is 4.79 Å². The standard InChI is InChI=1S/C16H24N4O3/c1-12(15(21)18-16(22)17-2)19-7-9-20(10-8-19)13-5-4-6-14(11-13)23-3/h4-6,11-12H,7-10H2,1-3H3,(H2,17,18,21,22)/t12-/m1/s1. The molecule has 0 radical (unpaired) electrons. The van der Waals surface area contributed by atoms with Gasteiger partial charge in [0.2, 0.25) is 5.91 Å². The number of hydrogen-bond donors (Lipinski definition) is 2. The molecule has 1 aromatic rings. The van der Waals surface area contributed by atoms with E-state index in [0.29, 0.717) is 0 Å². The molecule has 1 aliphatic heterocycles. The Bertz CT molecular complexity index is 556. The van der Waals surface area contributed by atoms with Crippen molar-refractivity contribution in [1.29, 1.82) is 0 Å². The minimum atomic E-state index is -0.475. The maximum absolute atomic E-state index is 12.0. The molecule has 1 aromatic carbocycles. The van der Waals surface area contributed by atoms with E-state index in [2.05, 4.69) is 26.5 Å². The van der Waals surface area contributed by atoms with Gasteiger partial charge in [0.1, 0.15) is 5.75 Å². The van der Waals surface area contributed by atoms with Gasteiger partial charge in [-0.05, 0) is 19.1 Å². The summed E-state index contributed by atoms with van der Waals surface area (Å²) in [7, 11) is 3.14. The molecule has 0 spiro atoms. The number of benzene rings is 1. The zero-order chi connectivity index (χ0) is 16.8. The number of piperazine rings is 1. The Morgan fingerprint density at radius 2 is 1.91 bits per heavy atom. The molecule has 7 heteroatoms. The van der Waals surface area contributed by atoms with Crippen LogP contribution in [0.3, 0.4) is 0 Å². The first-order valence-electron chi connectivity index (χ1n) is 7.70. The average Bonchev–Trinajstić information content (AvgIpc) is 2.61. The summed E-state index contributed by atoms with van der Waals surface area (Å²) in [5.74, 6) is 0.558. The quantitative estimate of drug-likeness (QED) is 0.853. The van der Waals surface area contributed by atoms with Crippen molar-refractivity contribution in [3.05, 3.63) is 24.3 Å². The maximum Gasteiger partial charge on any atom is 0.321 e. The van der Waals surface area contributed by atoms with E-state index in [1.165, 1.54) is 7.05 Å². The van der Waals surface area contributed by atoms with Crippen LogP contribution in [0.4, 0.5) is 10.5 Å². The van der Waals surface area contributed by atoms with Crippen LogP contribution in [0.15, 0.2) is 24.3 Å². The summed E-state index contributed by atoms with van der Waals surface area (Å²) in [5.41, 5.74) is 1.12. The number of carbonyl (C=O) groups excluding carboxylic acids is 2. The lowest BCUT2D eigenvalue weighted by molar-refractivity contribution is -0.124. The maximum atomic E-state index is 12.0. The van der Waals surface area contributed by atoms with Crippen molar-refractivity contribution in [2.24, 2.45) is 0 Å². The molecular weight excluding hydrogens is 296 g/mol. The van der Waals surface area contributed by atoms with Gasteiger partial charge < -0.3 is 15.0 Å². The molecule has 2 rings (SSSR count). The molecule has 1 saturated heterocycles. The summed E-state index contributed by atoms with van der Waals surface area (Å²) in [6, 6.07) is 7.15. The Morgan fingerprint density at radius 1 is 1.22 bits per heavy atom. The lowest BCUT2D eigenvalue weighted by Gasteiger charge is -2.38. The summed E-state index contributed by atoms with van der Waals surface area (Å²) in [6.07, 6.45) is 0. The first-order chi connectivity index (χ1) is 11.0. The van der Waals surface area contributed by atoms with Crippen molar-refractivity contribution < 1.29 is 14.3 Å². The van der Waals surface area contributed by atoms with Crippen molar-refractivity contribution >= 4 is 17.6 Å². The molecule has 0 aromatic heterocycles. The highest BCUT2D eigenvalue weighted by atomic mass is 16.5. The predicted molar refractivity (Wildman–Crippen MR) is 88.8 cm³/mol. The topological polar surface area (TPSA) is 73.9 Å². The Morgan fingerprint density at radius 3 is 2.52 bits per heavy atom. The lowest BCUT2D eigenvalue weighted by atomic mass is 10.2. The highest BCUT2D eigenvalue weighted by Crippen LogP contribution is 2.22. The fourth-order valence-corrected chi connectivity index (χ4v) is 2.62. The molecule has 1 aliphatic rings. The van der Waals surface area contributed by atoms with Crippen molar-refractivity contribution in [2.45, 2.75) is 13.0 Å². The van der Waals surface area contributed by atoms with Crippen LogP contribution in [-0.2, 0) is 4.79 Å². The van der Waals surface area contributed by atoms with E-state index < -0.39 is 6.03 Å². The number of imide groups is 1. The van der Waals surface area contributed by atoms with Gasteiger partial charge in [-0.3, -0.25) is 15.0 Å². The molecule has 1 fully saturated rings. The third-order valence-corrected chi connectivity index (χ3v) is 4.12. The molecule has 1 atom stereocenters. The number of anilines is 1. The fourth-order valence-electron chi connectivity index (χ4n) is 2.62. The third-order valence-electron chi connectivity index (χ3n) is 4.12. The van der Waals surface area contributed by atoms with E-state index in [1.54, 1.807) is 7.11 Å². The number of ether oxygens (including phenoxy) is 1. The predicted octanol–water partition coefficient (Wildman–Crippen LogP) is 0.661. The summed E-state index contributed by atoms with van der Waals surface area (Å²) in [5, 5.41) is 4.71. The Balaban J connectivity index is 1.90.